The summed E-state index contributed by atoms with van der Waals surface area (Å²) in [6.07, 6.45) is 1.34. The van der Waals surface area contributed by atoms with E-state index in [0.717, 1.165) is 0 Å². The molecule has 1 heterocycles. The van der Waals surface area contributed by atoms with E-state index in [1.54, 1.807) is 25.1 Å². The van der Waals surface area contributed by atoms with Crippen LogP contribution in [0.4, 0.5) is 15.9 Å². The third-order valence-corrected chi connectivity index (χ3v) is 2.69. The van der Waals surface area contributed by atoms with Gasteiger partial charge in [-0.1, -0.05) is 18.2 Å². The average Bonchev–Trinajstić information content (AvgIpc) is 2.39. The Hall–Kier alpha value is -2.50. The number of anilines is 1. The first-order valence-corrected chi connectivity index (χ1v) is 5.69. The van der Waals surface area contributed by atoms with Gasteiger partial charge in [0.1, 0.15) is 11.6 Å². The van der Waals surface area contributed by atoms with E-state index < -0.39 is 4.92 Å². The van der Waals surface area contributed by atoms with Crippen LogP contribution < -0.4 is 5.32 Å². The van der Waals surface area contributed by atoms with Gasteiger partial charge in [0, 0.05) is 17.8 Å². The Labute approximate surface area is 109 Å². The highest BCUT2D eigenvalue weighted by molar-refractivity contribution is 5.46. The number of nitro groups is 1. The molecule has 2 aromatic rings. The summed E-state index contributed by atoms with van der Waals surface area (Å²) in [4.78, 5) is 14.1. The van der Waals surface area contributed by atoms with Crippen LogP contribution >= 0.6 is 0 Å². The Kier molecular flexibility index (Phi) is 3.70. The molecule has 0 saturated heterocycles. The van der Waals surface area contributed by atoms with Gasteiger partial charge in [0.25, 0.3) is 5.69 Å². The second kappa shape index (κ2) is 5.43. The molecule has 2 rings (SSSR count). The first-order valence-electron chi connectivity index (χ1n) is 5.69. The first kappa shape index (κ1) is 12.9. The average molecular weight is 261 g/mol. The summed E-state index contributed by atoms with van der Waals surface area (Å²) >= 11 is 0. The van der Waals surface area contributed by atoms with Gasteiger partial charge in [-0.15, -0.1) is 0 Å². The summed E-state index contributed by atoms with van der Waals surface area (Å²) < 4.78 is 13.6. The van der Waals surface area contributed by atoms with Crippen LogP contribution in [0.15, 0.2) is 42.6 Å². The standard InChI is InChI=1S/C13H12FN3O2/c1-9(11-4-2-3-5-12(11)14)16-13-8-10(17(18)19)6-7-15-13/h2-9H,1H3,(H,15,16). The zero-order chi connectivity index (χ0) is 13.8. The van der Waals surface area contributed by atoms with Crippen LogP contribution in [0.25, 0.3) is 0 Å². The molecular weight excluding hydrogens is 249 g/mol. The zero-order valence-electron chi connectivity index (χ0n) is 10.2. The van der Waals surface area contributed by atoms with Crippen molar-refractivity contribution < 1.29 is 9.31 Å². The van der Waals surface area contributed by atoms with E-state index in [1.807, 2.05) is 0 Å². The molecule has 1 aromatic carbocycles. The predicted octanol–water partition coefficient (Wildman–Crippen LogP) is 3.30. The summed E-state index contributed by atoms with van der Waals surface area (Å²) in [6, 6.07) is 8.65. The predicted molar refractivity (Wildman–Crippen MR) is 69.3 cm³/mol. The Morgan fingerprint density at radius 1 is 1.37 bits per heavy atom. The lowest BCUT2D eigenvalue weighted by Crippen LogP contribution is -2.09. The van der Waals surface area contributed by atoms with Gasteiger partial charge in [-0.3, -0.25) is 10.1 Å². The molecule has 0 aliphatic heterocycles. The maximum atomic E-state index is 13.6. The van der Waals surface area contributed by atoms with Gasteiger partial charge in [0.2, 0.25) is 0 Å². The highest BCUT2D eigenvalue weighted by atomic mass is 19.1. The summed E-state index contributed by atoms with van der Waals surface area (Å²) in [5.41, 5.74) is 0.425. The van der Waals surface area contributed by atoms with E-state index in [4.69, 9.17) is 0 Å². The maximum absolute atomic E-state index is 13.6. The van der Waals surface area contributed by atoms with Gasteiger partial charge >= 0.3 is 0 Å². The monoisotopic (exact) mass is 261 g/mol. The van der Waals surface area contributed by atoms with Crippen LogP contribution in [0.5, 0.6) is 0 Å². The molecule has 0 amide bonds. The fourth-order valence-corrected chi connectivity index (χ4v) is 1.74. The lowest BCUT2D eigenvalue weighted by atomic mass is 10.1. The molecule has 1 atom stereocenters. The van der Waals surface area contributed by atoms with Crippen molar-refractivity contribution in [1.82, 2.24) is 4.98 Å². The molecule has 98 valence electrons. The molecule has 0 fully saturated rings. The van der Waals surface area contributed by atoms with E-state index >= 15 is 0 Å². The molecule has 1 unspecified atom stereocenters. The number of nitrogens with one attached hydrogen (secondary N) is 1. The summed E-state index contributed by atoms with van der Waals surface area (Å²) in [6.45, 7) is 1.76. The van der Waals surface area contributed by atoms with Crippen molar-refractivity contribution in [3.8, 4) is 0 Å². The fourth-order valence-electron chi connectivity index (χ4n) is 1.74. The Balaban J connectivity index is 2.19. The lowest BCUT2D eigenvalue weighted by molar-refractivity contribution is -0.384. The SMILES string of the molecule is CC(Nc1cc([N+](=O)[O-])ccn1)c1ccccc1F. The van der Waals surface area contributed by atoms with Crippen LogP contribution in [-0.4, -0.2) is 9.91 Å². The number of hydrogen-bond donors (Lipinski definition) is 1. The number of halogens is 1. The minimum atomic E-state index is -0.499. The van der Waals surface area contributed by atoms with Gasteiger partial charge in [-0.2, -0.15) is 0 Å². The van der Waals surface area contributed by atoms with E-state index in [1.165, 1.54) is 24.4 Å². The number of benzene rings is 1. The molecule has 0 radical (unpaired) electrons. The molecule has 0 saturated carbocycles. The summed E-state index contributed by atoms with van der Waals surface area (Å²) in [5, 5.41) is 13.6. The van der Waals surface area contributed by atoms with E-state index in [0.29, 0.717) is 11.4 Å². The molecule has 0 spiro atoms. The highest BCUT2D eigenvalue weighted by Crippen LogP contribution is 2.22. The second-order valence-corrected chi connectivity index (χ2v) is 4.04. The van der Waals surface area contributed by atoms with Gasteiger partial charge in [0.05, 0.1) is 17.0 Å². The van der Waals surface area contributed by atoms with Crippen LogP contribution in [0.3, 0.4) is 0 Å². The summed E-state index contributed by atoms with van der Waals surface area (Å²) in [7, 11) is 0. The maximum Gasteiger partial charge on any atom is 0.274 e. The molecular formula is C13H12FN3O2. The van der Waals surface area contributed by atoms with Gasteiger partial charge < -0.3 is 5.32 Å². The van der Waals surface area contributed by atoms with E-state index in [2.05, 4.69) is 10.3 Å². The molecule has 0 aliphatic rings. The summed E-state index contributed by atoms with van der Waals surface area (Å²) in [5.74, 6) is 0.0119. The minimum Gasteiger partial charge on any atom is -0.363 e. The molecule has 0 aliphatic carbocycles. The second-order valence-electron chi connectivity index (χ2n) is 4.04. The Morgan fingerprint density at radius 3 is 2.79 bits per heavy atom. The normalized spacial score (nSPS) is 11.9. The smallest absolute Gasteiger partial charge is 0.274 e. The van der Waals surface area contributed by atoms with Crippen LogP contribution in [-0.2, 0) is 0 Å². The molecule has 6 heteroatoms. The van der Waals surface area contributed by atoms with Crippen molar-refractivity contribution in [2.45, 2.75) is 13.0 Å². The van der Waals surface area contributed by atoms with Gasteiger partial charge in [0.15, 0.2) is 0 Å². The Morgan fingerprint density at radius 2 is 2.11 bits per heavy atom. The topological polar surface area (TPSA) is 68.1 Å². The van der Waals surface area contributed by atoms with E-state index in [-0.39, 0.29) is 17.5 Å². The van der Waals surface area contributed by atoms with Crippen molar-refractivity contribution in [2.24, 2.45) is 0 Å². The van der Waals surface area contributed by atoms with Crippen LogP contribution in [0.2, 0.25) is 0 Å². The van der Waals surface area contributed by atoms with Crippen molar-refractivity contribution in [3.05, 3.63) is 64.1 Å². The first-order chi connectivity index (χ1) is 9.08. The van der Waals surface area contributed by atoms with E-state index in [9.17, 15) is 14.5 Å². The van der Waals surface area contributed by atoms with Crippen molar-refractivity contribution in [1.29, 1.82) is 0 Å². The number of nitrogens with zero attached hydrogens (tertiary/aromatic N) is 2. The third kappa shape index (κ3) is 3.04. The number of rotatable bonds is 4. The van der Waals surface area contributed by atoms with Gasteiger partial charge in [-0.25, -0.2) is 9.37 Å². The minimum absolute atomic E-state index is 0.0572. The van der Waals surface area contributed by atoms with Crippen LogP contribution in [0, 0.1) is 15.9 Å². The molecule has 19 heavy (non-hydrogen) atoms. The highest BCUT2D eigenvalue weighted by Gasteiger charge is 2.12. The quantitative estimate of drug-likeness (QED) is 0.677. The Bertz CT molecular complexity index is 604. The molecule has 1 N–H and O–H groups in total. The number of aromatic nitrogens is 1. The number of hydrogen-bond acceptors (Lipinski definition) is 4. The van der Waals surface area contributed by atoms with Crippen molar-refractivity contribution in [2.75, 3.05) is 5.32 Å². The van der Waals surface area contributed by atoms with Crippen LogP contribution in [0.1, 0.15) is 18.5 Å². The third-order valence-electron chi connectivity index (χ3n) is 2.69. The molecule has 0 bridgehead atoms. The zero-order valence-corrected chi connectivity index (χ0v) is 10.2. The van der Waals surface area contributed by atoms with Crippen molar-refractivity contribution in [3.63, 3.8) is 0 Å². The van der Waals surface area contributed by atoms with Crippen molar-refractivity contribution >= 4 is 11.5 Å². The molecule has 5 nitrogen and oxygen atoms in total. The molecule has 1 aromatic heterocycles. The fraction of sp³-hybridized carbons (Fsp3) is 0.154. The largest absolute Gasteiger partial charge is 0.363 e. The van der Waals surface area contributed by atoms with Gasteiger partial charge in [-0.05, 0) is 13.0 Å². The number of pyridine rings is 1. The lowest BCUT2D eigenvalue weighted by Gasteiger charge is -2.15.